The van der Waals surface area contributed by atoms with E-state index in [9.17, 15) is 4.79 Å². The number of nitrogens with one attached hydrogen (secondary N) is 1. The van der Waals surface area contributed by atoms with Crippen molar-refractivity contribution in [1.29, 1.82) is 0 Å². The molecule has 0 fully saturated rings. The number of aromatic nitrogens is 2. The van der Waals surface area contributed by atoms with Crippen LogP contribution in [0.2, 0.25) is 5.02 Å². The lowest BCUT2D eigenvalue weighted by Crippen LogP contribution is -2.19. The third-order valence-electron chi connectivity index (χ3n) is 2.03. The highest BCUT2D eigenvalue weighted by Gasteiger charge is 2.05. The molecule has 1 N–H and O–H groups in total. The van der Waals surface area contributed by atoms with E-state index in [2.05, 4.69) is 10.4 Å². The van der Waals surface area contributed by atoms with Crippen LogP contribution in [0.4, 0.5) is 10.5 Å². The molecular formula is C11H10ClN3O. The van der Waals surface area contributed by atoms with Gasteiger partial charge in [-0.05, 0) is 37.3 Å². The smallest absolute Gasteiger partial charge is 0.306 e. The van der Waals surface area contributed by atoms with Crippen LogP contribution in [0.5, 0.6) is 0 Å². The molecule has 1 aromatic heterocycles. The Kier molecular flexibility index (Phi) is 2.92. The SMILES string of the molecule is Cc1ccn(C(=O)Nc2ccc(Cl)cc2)n1. The van der Waals surface area contributed by atoms with Crippen molar-refractivity contribution in [1.82, 2.24) is 9.78 Å². The molecule has 1 aromatic carbocycles. The Morgan fingerprint density at radius 2 is 2.00 bits per heavy atom. The van der Waals surface area contributed by atoms with Crippen LogP contribution < -0.4 is 5.32 Å². The Balaban J connectivity index is 2.10. The van der Waals surface area contributed by atoms with Gasteiger partial charge in [0.15, 0.2) is 0 Å². The number of anilines is 1. The molecule has 1 amide bonds. The van der Waals surface area contributed by atoms with Crippen LogP contribution in [-0.2, 0) is 0 Å². The minimum Gasteiger partial charge on any atom is -0.306 e. The molecule has 0 saturated carbocycles. The molecule has 0 unspecified atom stereocenters. The number of carbonyl (C=O) groups is 1. The minimum atomic E-state index is -0.296. The number of rotatable bonds is 1. The summed E-state index contributed by atoms with van der Waals surface area (Å²) in [6.07, 6.45) is 1.61. The molecule has 0 aliphatic carbocycles. The van der Waals surface area contributed by atoms with Crippen LogP contribution in [-0.4, -0.2) is 15.8 Å². The fraction of sp³-hybridized carbons (Fsp3) is 0.0909. The van der Waals surface area contributed by atoms with Crippen molar-refractivity contribution in [3.63, 3.8) is 0 Å². The summed E-state index contributed by atoms with van der Waals surface area (Å²) < 4.78 is 1.25. The van der Waals surface area contributed by atoms with E-state index in [0.717, 1.165) is 5.69 Å². The van der Waals surface area contributed by atoms with E-state index in [0.29, 0.717) is 10.7 Å². The minimum absolute atomic E-state index is 0.296. The third kappa shape index (κ3) is 2.41. The zero-order chi connectivity index (χ0) is 11.5. The lowest BCUT2D eigenvalue weighted by molar-refractivity contribution is 0.251. The second-order valence-electron chi connectivity index (χ2n) is 3.34. The fourth-order valence-electron chi connectivity index (χ4n) is 1.24. The molecule has 0 atom stereocenters. The quantitative estimate of drug-likeness (QED) is 0.826. The molecule has 5 heteroatoms. The number of aryl methyl sites for hydroxylation is 1. The van der Waals surface area contributed by atoms with E-state index in [1.165, 1.54) is 4.68 Å². The topological polar surface area (TPSA) is 46.9 Å². The lowest BCUT2D eigenvalue weighted by Gasteiger charge is -2.04. The molecule has 4 nitrogen and oxygen atoms in total. The highest BCUT2D eigenvalue weighted by Crippen LogP contribution is 2.13. The van der Waals surface area contributed by atoms with Gasteiger partial charge < -0.3 is 5.32 Å². The van der Waals surface area contributed by atoms with Gasteiger partial charge in [0.25, 0.3) is 0 Å². The van der Waals surface area contributed by atoms with Crippen molar-refractivity contribution in [2.75, 3.05) is 5.32 Å². The predicted octanol–water partition coefficient (Wildman–Crippen LogP) is 2.93. The van der Waals surface area contributed by atoms with Crippen molar-refractivity contribution < 1.29 is 4.79 Å². The number of nitrogens with zero attached hydrogens (tertiary/aromatic N) is 2. The molecular weight excluding hydrogens is 226 g/mol. The van der Waals surface area contributed by atoms with Gasteiger partial charge in [0.2, 0.25) is 0 Å². The number of hydrogen-bond donors (Lipinski definition) is 1. The summed E-state index contributed by atoms with van der Waals surface area (Å²) in [6, 6.07) is 8.36. The van der Waals surface area contributed by atoms with E-state index in [1.807, 2.05) is 6.92 Å². The lowest BCUT2D eigenvalue weighted by atomic mass is 10.3. The largest absolute Gasteiger partial charge is 0.346 e. The van der Waals surface area contributed by atoms with E-state index >= 15 is 0 Å². The molecule has 0 aliphatic rings. The van der Waals surface area contributed by atoms with Gasteiger partial charge in [-0.15, -0.1) is 0 Å². The summed E-state index contributed by atoms with van der Waals surface area (Å²) in [5, 5.41) is 7.34. The highest BCUT2D eigenvalue weighted by atomic mass is 35.5. The Morgan fingerprint density at radius 3 is 2.56 bits per heavy atom. The van der Waals surface area contributed by atoms with Gasteiger partial charge in [-0.25, -0.2) is 4.79 Å². The van der Waals surface area contributed by atoms with Gasteiger partial charge in [-0.1, -0.05) is 11.6 Å². The predicted molar refractivity (Wildman–Crippen MR) is 62.8 cm³/mol. The number of amides is 1. The number of benzene rings is 1. The standard InChI is InChI=1S/C11H10ClN3O/c1-8-6-7-15(14-8)11(16)13-10-4-2-9(12)3-5-10/h2-7H,1H3,(H,13,16). The van der Waals surface area contributed by atoms with Crippen molar-refractivity contribution in [2.45, 2.75) is 6.92 Å². The zero-order valence-corrected chi connectivity index (χ0v) is 9.40. The molecule has 0 bridgehead atoms. The number of hydrogen-bond acceptors (Lipinski definition) is 2. The molecule has 0 radical (unpaired) electrons. The van der Waals surface area contributed by atoms with Gasteiger partial charge in [0.1, 0.15) is 0 Å². The Morgan fingerprint density at radius 1 is 1.31 bits per heavy atom. The van der Waals surface area contributed by atoms with Crippen LogP contribution in [0.25, 0.3) is 0 Å². The van der Waals surface area contributed by atoms with Crippen molar-refractivity contribution in [2.24, 2.45) is 0 Å². The summed E-state index contributed by atoms with van der Waals surface area (Å²) in [7, 11) is 0. The summed E-state index contributed by atoms with van der Waals surface area (Å²) in [5.74, 6) is 0. The second kappa shape index (κ2) is 4.37. The summed E-state index contributed by atoms with van der Waals surface area (Å²) in [5.41, 5.74) is 1.48. The molecule has 2 aromatic rings. The average molecular weight is 236 g/mol. The first-order valence-electron chi connectivity index (χ1n) is 4.74. The summed E-state index contributed by atoms with van der Waals surface area (Å²) in [4.78, 5) is 11.7. The molecule has 0 saturated heterocycles. The fourth-order valence-corrected chi connectivity index (χ4v) is 1.37. The van der Waals surface area contributed by atoms with E-state index in [4.69, 9.17) is 11.6 Å². The maximum Gasteiger partial charge on any atom is 0.346 e. The van der Waals surface area contributed by atoms with Crippen LogP contribution >= 0.6 is 11.6 Å². The molecule has 2 rings (SSSR count). The number of halogens is 1. The van der Waals surface area contributed by atoms with Crippen molar-refractivity contribution in [3.05, 3.63) is 47.2 Å². The van der Waals surface area contributed by atoms with Gasteiger partial charge in [-0.2, -0.15) is 9.78 Å². The van der Waals surface area contributed by atoms with Gasteiger partial charge in [0, 0.05) is 16.9 Å². The van der Waals surface area contributed by atoms with Gasteiger partial charge in [0.05, 0.1) is 5.69 Å². The van der Waals surface area contributed by atoms with Crippen LogP contribution in [0.1, 0.15) is 5.69 Å². The second-order valence-corrected chi connectivity index (χ2v) is 3.78. The normalized spacial score (nSPS) is 10.1. The van der Waals surface area contributed by atoms with E-state index < -0.39 is 0 Å². The maximum atomic E-state index is 11.7. The molecule has 0 aliphatic heterocycles. The summed E-state index contributed by atoms with van der Waals surface area (Å²) in [6.45, 7) is 1.83. The summed E-state index contributed by atoms with van der Waals surface area (Å²) >= 11 is 5.74. The van der Waals surface area contributed by atoms with Crippen molar-refractivity contribution >= 4 is 23.3 Å². The Hall–Kier alpha value is -1.81. The zero-order valence-electron chi connectivity index (χ0n) is 8.64. The molecule has 82 valence electrons. The average Bonchev–Trinajstić information content (AvgIpc) is 2.68. The highest BCUT2D eigenvalue weighted by molar-refractivity contribution is 6.30. The Labute approximate surface area is 97.8 Å². The first-order chi connectivity index (χ1) is 7.65. The Bertz CT molecular complexity index is 504. The maximum absolute atomic E-state index is 11.7. The molecule has 16 heavy (non-hydrogen) atoms. The van der Waals surface area contributed by atoms with E-state index in [-0.39, 0.29) is 6.03 Å². The first kappa shape index (κ1) is 10.7. The van der Waals surface area contributed by atoms with Crippen molar-refractivity contribution in [3.8, 4) is 0 Å². The third-order valence-corrected chi connectivity index (χ3v) is 2.28. The van der Waals surface area contributed by atoms with Crippen LogP contribution in [0.3, 0.4) is 0 Å². The molecule has 0 spiro atoms. The molecule has 1 heterocycles. The van der Waals surface area contributed by atoms with Crippen LogP contribution in [0.15, 0.2) is 36.5 Å². The first-order valence-corrected chi connectivity index (χ1v) is 5.12. The van der Waals surface area contributed by atoms with Crippen LogP contribution in [0, 0.1) is 6.92 Å². The monoisotopic (exact) mass is 235 g/mol. The van der Waals surface area contributed by atoms with Gasteiger partial charge >= 0.3 is 6.03 Å². The number of carbonyl (C=O) groups excluding carboxylic acids is 1. The van der Waals surface area contributed by atoms with Gasteiger partial charge in [-0.3, -0.25) is 0 Å². The van der Waals surface area contributed by atoms with E-state index in [1.54, 1.807) is 36.5 Å².